The van der Waals surface area contributed by atoms with E-state index in [2.05, 4.69) is 23.6 Å². The van der Waals surface area contributed by atoms with Gasteiger partial charge in [-0.25, -0.2) is 13.6 Å². The summed E-state index contributed by atoms with van der Waals surface area (Å²) in [5.41, 5.74) is 0. The van der Waals surface area contributed by atoms with E-state index in [0.717, 1.165) is 45.6 Å². The third kappa shape index (κ3) is 6.20. The van der Waals surface area contributed by atoms with Crippen molar-refractivity contribution < 1.29 is 13.2 Å². The van der Waals surface area contributed by atoms with Crippen LogP contribution < -0.4 is 5.14 Å². The summed E-state index contributed by atoms with van der Waals surface area (Å²) in [5, 5.41) is 5.06. The summed E-state index contributed by atoms with van der Waals surface area (Å²) in [6.07, 6.45) is 2.93. The van der Waals surface area contributed by atoms with Crippen LogP contribution in [0.5, 0.6) is 0 Å². The maximum Gasteiger partial charge on any atom is 0.210 e. The first kappa shape index (κ1) is 17.1. The second-order valence-electron chi connectivity index (χ2n) is 6.63. The molecular formula is C14H29N3O3S. The largest absolute Gasteiger partial charge is 0.373 e. The monoisotopic (exact) mass is 319 g/mol. The van der Waals surface area contributed by atoms with E-state index < -0.39 is 10.0 Å². The molecule has 0 aliphatic carbocycles. The zero-order valence-electron chi connectivity index (χ0n) is 13.2. The summed E-state index contributed by atoms with van der Waals surface area (Å²) in [4.78, 5) is 4.73. The van der Waals surface area contributed by atoms with Gasteiger partial charge in [0.05, 0.1) is 18.0 Å². The highest BCUT2D eigenvalue weighted by Crippen LogP contribution is 2.20. The van der Waals surface area contributed by atoms with Gasteiger partial charge >= 0.3 is 0 Å². The van der Waals surface area contributed by atoms with Gasteiger partial charge in [0.1, 0.15) is 0 Å². The zero-order chi connectivity index (χ0) is 15.5. The average molecular weight is 319 g/mol. The van der Waals surface area contributed by atoms with Crippen molar-refractivity contribution in [2.24, 2.45) is 11.1 Å². The van der Waals surface area contributed by atoms with E-state index in [1.165, 1.54) is 0 Å². The van der Waals surface area contributed by atoms with Crippen molar-refractivity contribution in [3.63, 3.8) is 0 Å². The van der Waals surface area contributed by atoms with Crippen LogP contribution in [0.3, 0.4) is 0 Å². The van der Waals surface area contributed by atoms with Gasteiger partial charge in [0.25, 0.3) is 0 Å². The Labute approximate surface area is 128 Å². The van der Waals surface area contributed by atoms with E-state index in [1.807, 2.05) is 0 Å². The Bertz CT molecular complexity index is 411. The SMILES string of the molecule is C[C@H]1CN(CC2CCN(CCS(N)(=O)=O)CC2)C[C@H](C)O1. The van der Waals surface area contributed by atoms with Gasteiger partial charge in [0.2, 0.25) is 10.0 Å². The van der Waals surface area contributed by atoms with Crippen molar-refractivity contribution in [1.82, 2.24) is 9.80 Å². The molecule has 2 rings (SSSR count). The van der Waals surface area contributed by atoms with Crippen LogP contribution in [0.15, 0.2) is 0 Å². The van der Waals surface area contributed by atoms with Crippen molar-refractivity contribution in [1.29, 1.82) is 0 Å². The van der Waals surface area contributed by atoms with E-state index in [0.29, 0.717) is 24.7 Å². The van der Waals surface area contributed by atoms with Crippen LogP contribution in [-0.4, -0.2) is 75.4 Å². The highest BCUT2D eigenvalue weighted by molar-refractivity contribution is 7.89. The number of ether oxygens (including phenoxy) is 1. The second-order valence-corrected chi connectivity index (χ2v) is 8.36. The third-order valence-corrected chi connectivity index (χ3v) is 5.16. The lowest BCUT2D eigenvalue weighted by Gasteiger charge is -2.39. The number of piperidine rings is 1. The van der Waals surface area contributed by atoms with Gasteiger partial charge < -0.3 is 9.64 Å². The van der Waals surface area contributed by atoms with E-state index in [4.69, 9.17) is 9.88 Å². The fourth-order valence-corrected chi connectivity index (χ4v) is 3.96. The van der Waals surface area contributed by atoms with Crippen molar-refractivity contribution >= 4 is 10.0 Å². The normalized spacial score (nSPS) is 30.6. The van der Waals surface area contributed by atoms with Gasteiger partial charge in [0.15, 0.2) is 0 Å². The van der Waals surface area contributed by atoms with Crippen LogP contribution in [0.4, 0.5) is 0 Å². The predicted octanol–water partition coefficient (Wildman–Crippen LogP) is 0.0961. The molecule has 0 aromatic rings. The molecule has 0 aromatic carbocycles. The highest BCUT2D eigenvalue weighted by atomic mass is 32.2. The lowest BCUT2D eigenvalue weighted by molar-refractivity contribution is -0.0731. The van der Waals surface area contributed by atoms with Gasteiger partial charge in [-0.2, -0.15) is 0 Å². The minimum Gasteiger partial charge on any atom is -0.373 e. The molecule has 2 saturated heterocycles. The molecule has 0 saturated carbocycles. The molecule has 2 aliphatic heterocycles. The molecule has 124 valence electrons. The van der Waals surface area contributed by atoms with Gasteiger partial charge in [-0.1, -0.05) is 0 Å². The molecule has 2 fully saturated rings. The molecule has 0 amide bonds. The molecule has 2 N–H and O–H groups in total. The van der Waals surface area contributed by atoms with Crippen molar-refractivity contribution in [2.45, 2.75) is 38.9 Å². The van der Waals surface area contributed by atoms with E-state index in [1.54, 1.807) is 0 Å². The lowest BCUT2D eigenvalue weighted by Crippen LogP contribution is -2.48. The summed E-state index contributed by atoms with van der Waals surface area (Å²) >= 11 is 0. The summed E-state index contributed by atoms with van der Waals surface area (Å²) < 4.78 is 27.8. The third-order valence-electron chi connectivity index (χ3n) is 4.41. The number of sulfonamides is 1. The first-order chi connectivity index (χ1) is 9.82. The number of primary sulfonamides is 1. The molecule has 0 spiro atoms. The van der Waals surface area contributed by atoms with Gasteiger partial charge in [-0.15, -0.1) is 0 Å². The molecule has 7 heteroatoms. The summed E-state index contributed by atoms with van der Waals surface area (Å²) in [6, 6.07) is 0. The maximum absolute atomic E-state index is 11.0. The van der Waals surface area contributed by atoms with E-state index >= 15 is 0 Å². The molecule has 2 aliphatic rings. The minimum absolute atomic E-state index is 0.0656. The van der Waals surface area contributed by atoms with Gasteiger partial charge in [-0.3, -0.25) is 4.90 Å². The number of hydrogen-bond acceptors (Lipinski definition) is 5. The van der Waals surface area contributed by atoms with Crippen LogP contribution in [0.1, 0.15) is 26.7 Å². The summed E-state index contributed by atoms with van der Waals surface area (Å²) in [6.45, 7) is 9.99. The first-order valence-electron chi connectivity index (χ1n) is 7.92. The quantitative estimate of drug-likeness (QED) is 0.777. The van der Waals surface area contributed by atoms with Gasteiger partial charge in [-0.05, 0) is 45.7 Å². The Balaban J connectivity index is 1.69. The molecule has 0 bridgehead atoms. The van der Waals surface area contributed by atoms with Crippen molar-refractivity contribution in [3.05, 3.63) is 0 Å². The number of nitrogens with two attached hydrogens (primary N) is 1. The number of likely N-dealkylation sites (tertiary alicyclic amines) is 1. The Morgan fingerprint density at radius 3 is 2.19 bits per heavy atom. The molecule has 21 heavy (non-hydrogen) atoms. The standard InChI is InChI=1S/C14H29N3O3S/c1-12-9-17(10-13(2)20-12)11-14-3-5-16(6-4-14)7-8-21(15,18)19/h12-14H,3-11H2,1-2H3,(H2,15,18,19)/t12-,13-/m0/s1. The Kier molecular flexibility index (Phi) is 6.02. The predicted molar refractivity (Wildman–Crippen MR) is 83.6 cm³/mol. The van der Waals surface area contributed by atoms with Crippen LogP contribution in [-0.2, 0) is 14.8 Å². The highest BCUT2D eigenvalue weighted by Gasteiger charge is 2.26. The van der Waals surface area contributed by atoms with E-state index in [-0.39, 0.29) is 5.75 Å². The number of nitrogens with zero attached hydrogens (tertiary/aromatic N) is 2. The topological polar surface area (TPSA) is 75.9 Å². The van der Waals surface area contributed by atoms with Crippen LogP contribution in [0.25, 0.3) is 0 Å². The second kappa shape index (κ2) is 7.37. The lowest BCUT2D eigenvalue weighted by atomic mass is 9.95. The Hall–Kier alpha value is -0.210. The zero-order valence-corrected chi connectivity index (χ0v) is 14.0. The number of morpholine rings is 1. The van der Waals surface area contributed by atoms with Gasteiger partial charge in [0, 0.05) is 26.2 Å². The molecule has 2 heterocycles. The molecule has 0 radical (unpaired) electrons. The fourth-order valence-electron chi connectivity index (χ4n) is 3.45. The summed E-state index contributed by atoms with van der Waals surface area (Å²) in [7, 11) is -3.34. The fraction of sp³-hybridized carbons (Fsp3) is 1.00. The maximum atomic E-state index is 11.0. The summed E-state index contributed by atoms with van der Waals surface area (Å²) in [5.74, 6) is 0.782. The Morgan fingerprint density at radius 1 is 1.10 bits per heavy atom. The molecule has 0 aromatic heterocycles. The molecule has 0 unspecified atom stereocenters. The number of rotatable bonds is 5. The average Bonchev–Trinajstić information content (AvgIpc) is 2.36. The molecule has 2 atom stereocenters. The molecular weight excluding hydrogens is 290 g/mol. The minimum atomic E-state index is -3.34. The van der Waals surface area contributed by atoms with Crippen LogP contribution in [0.2, 0.25) is 0 Å². The molecule has 6 nitrogen and oxygen atoms in total. The Morgan fingerprint density at radius 2 is 1.67 bits per heavy atom. The smallest absolute Gasteiger partial charge is 0.210 e. The van der Waals surface area contributed by atoms with E-state index in [9.17, 15) is 8.42 Å². The van der Waals surface area contributed by atoms with Crippen molar-refractivity contribution in [2.75, 3.05) is 45.0 Å². The van der Waals surface area contributed by atoms with Crippen molar-refractivity contribution in [3.8, 4) is 0 Å². The first-order valence-corrected chi connectivity index (χ1v) is 9.64. The van der Waals surface area contributed by atoms with Crippen LogP contribution in [0, 0.1) is 5.92 Å². The number of hydrogen-bond donors (Lipinski definition) is 1. The van der Waals surface area contributed by atoms with Crippen LogP contribution >= 0.6 is 0 Å².